The van der Waals surface area contributed by atoms with Crippen molar-refractivity contribution >= 4 is 0 Å². The van der Waals surface area contributed by atoms with Gasteiger partial charge in [-0.05, 0) is 49.9 Å². The number of hydrogen-bond acceptors (Lipinski definition) is 2. The van der Waals surface area contributed by atoms with E-state index in [1.807, 2.05) is 0 Å². The second-order valence-corrected chi connectivity index (χ2v) is 7.13. The number of hydrogen-bond donors (Lipinski definition) is 2. The van der Waals surface area contributed by atoms with Gasteiger partial charge in [0.2, 0.25) is 0 Å². The lowest BCUT2D eigenvalue weighted by Crippen LogP contribution is -2.47. The molecule has 17 heavy (non-hydrogen) atoms. The monoisotopic (exact) mass is 239 g/mol. The van der Waals surface area contributed by atoms with E-state index in [1.165, 1.54) is 19.3 Å². The SMILES string of the molecule is CCC(C)(C)C1CCC(O)(C2(CN)CC2)CC1. The molecule has 0 spiro atoms. The predicted molar refractivity (Wildman–Crippen MR) is 71.7 cm³/mol. The Bertz CT molecular complexity index is 273. The second-order valence-electron chi connectivity index (χ2n) is 7.13. The fourth-order valence-electron chi connectivity index (χ4n) is 3.71. The first kappa shape index (κ1) is 13.4. The van der Waals surface area contributed by atoms with Crippen molar-refractivity contribution in [3.63, 3.8) is 0 Å². The molecular formula is C15H29NO. The largest absolute Gasteiger partial charge is 0.389 e. The van der Waals surface area contributed by atoms with Crippen LogP contribution in [-0.4, -0.2) is 17.3 Å². The summed E-state index contributed by atoms with van der Waals surface area (Å²) < 4.78 is 0. The molecule has 2 heteroatoms. The lowest BCUT2D eigenvalue weighted by atomic mass is 9.63. The van der Waals surface area contributed by atoms with Crippen LogP contribution >= 0.6 is 0 Å². The molecule has 3 N–H and O–H groups in total. The minimum Gasteiger partial charge on any atom is -0.389 e. The van der Waals surface area contributed by atoms with Gasteiger partial charge in [-0.25, -0.2) is 0 Å². The van der Waals surface area contributed by atoms with Gasteiger partial charge in [-0.3, -0.25) is 0 Å². The molecule has 0 unspecified atom stereocenters. The van der Waals surface area contributed by atoms with Gasteiger partial charge in [-0.1, -0.05) is 27.2 Å². The van der Waals surface area contributed by atoms with Crippen LogP contribution in [0.3, 0.4) is 0 Å². The highest BCUT2D eigenvalue weighted by Crippen LogP contribution is 2.59. The van der Waals surface area contributed by atoms with Gasteiger partial charge < -0.3 is 10.8 Å². The van der Waals surface area contributed by atoms with Crippen molar-refractivity contribution < 1.29 is 5.11 Å². The third kappa shape index (κ3) is 2.15. The minimum atomic E-state index is -0.442. The molecule has 0 aliphatic heterocycles. The topological polar surface area (TPSA) is 46.2 Å². The van der Waals surface area contributed by atoms with Crippen LogP contribution in [0.2, 0.25) is 0 Å². The zero-order chi connectivity index (χ0) is 12.7. The standard InChI is InChI=1S/C15H29NO/c1-4-13(2,3)12-5-7-15(17,8-6-12)14(11-16)9-10-14/h12,17H,4-11,16H2,1-3H3. The molecule has 0 radical (unpaired) electrons. The summed E-state index contributed by atoms with van der Waals surface area (Å²) >= 11 is 0. The molecule has 2 fully saturated rings. The predicted octanol–water partition coefficient (Wildman–Crippen LogP) is 3.08. The zero-order valence-electron chi connectivity index (χ0n) is 11.8. The molecule has 0 aromatic carbocycles. The van der Waals surface area contributed by atoms with Crippen LogP contribution in [0.4, 0.5) is 0 Å². The van der Waals surface area contributed by atoms with Crippen LogP contribution in [0, 0.1) is 16.7 Å². The fourth-order valence-corrected chi connectivity index (χ4v) is 3.71. The van der Waals surface area contributed by atoms with E-state index < -0.39 is 5.60 Å². The molecule has 2 nitrogen and oxygen atoms in total. The highest BCUT2D eigenvalue weighted by molar-refractivity contribution is 5.10. The van der Waals surface area contributed by atoms with E-state index in [4.69, 9.17) is 5.73 Å². The Morgan fingerprint density at radius 1 is 1.18 bits per heavy atom. The molecule has 0 aromatic rings. The Kier molecular flexibility index (Phi) is 3.33. The van der Waals surface area contributed by atoms with E-state index in [9.17, 15) is 5.11 Å². The maximum atomic E-state index is 10.8. The summed E-state index contributed by atoms with van der Waals surface area (Å²) in [6.07, 6.45) is 7.82. The smallest absolute Gasteiger partial charge is 0.0716 e. The first-order valence-corrected chi connectivity index (χ1v) is 7.32. The van der Waals surface area contributed by atoms with E-state index in [2.05, 4.69) is 20.8 Å². The van der Waals surface area contributed by atoms with Crippen molar-refractivity contribution in [3.05, 3.63) is 0 Å². The maximum absolute atomic E-state index is 10.8. The first-order valence-electron chi connectivity index (χ1n) is 7.32. The molecule has 2 aliphatic carbocycles. The fraction of sp³-hybridized carbons (Fsp3) is 1.00. The Morgan fingerprint density at radius 3 is 2.06 bits per heavy atom. The number of nitrogens with two attached hydrogens (primary N) is 1. The molecule has 2 aliphatic rings. The van der Waals surface area contributed by atoms with Gasteiger partial charge in [-0.15, -0.1) is 0 Å². The third-order valence-electron chi connectivity index (χ3n) is 6.06. The van der Waals surface area contributed by atoms with Gasteiger partial charge in [0.25, 0.3) is 0 Å². The van der Waals surface area contributed by atoms with E-state index in [1.54, 1.807) is 0 Å². The van der Waals surface area contributed by atoms with Crippen LogP contribution in [0.15, 0.2) is 0 Å². The number of aliphatic hydroxyl groups is 1. The van der Waals surface area contributed by atoms with Crippen LogP contribution in [0.25, 0.3) is 0 Å². The Morgan fingerprint density at radius 2 is 1.71 bits per heavy atom. The van der Waals surface area contributed by atoms with Crippen LogP contribution in [-0.2, 0) is 0 Å². The lowest BCUT2D eigenvalue weighted by molar-refractivity contribution is -0.0804. The van der Waals surface area contributed by atoms with E-state index in [0.717, 1.165) is 31.6 Å². The molecule has 0 bridgehead atoms. The Balaban J connectivity index is 1.98. The number of rotatable bonds is 4. The third-order valence-corrected chi connectivity index (χ3v) is 6.06. The van der Waals surface area contributed by atoms with Gasteiger partial charge in [0.1, 0.15) is 0 Å². The van der Waals surface area contributed by atoms with Gasteiger partial charge in [0.05, 0.1) is 5.60 Å². The lowest BCUT2D eigenvalue weighted by Gasteiger charge is -2.46. The molecule has 2 saturated carbocycles. The average molecular weight is 239 g/mol. The molecular weight excluding hydrogens is 210 g/mol. The summed E-state index contributed by atoms with van der Waals surface area (Å²) in [6.45, 7) is 7.70. The molecule has 2 rings (SSSR count). The maximum Gasteiger partial charge on any atom is 0.0716 e. The summed E-state index contributed by atoms with van der Waals surface area (Å²) in [5.41, 5.74) is 5.95. The van der Waals surface area contributed by atoms with Crippen molar-refractivity contribution in [3.8, 4) is 0 Å². The van der Waals surface area contributed by atoms with Crippen molar-refractivity contribution in [1.82, 2.24) is 0 Å². The van der Waals surface area contributed by atoms with Crippen molar-refractivity contribution in [2.45, 2.75) is 71.3 Å². The molecule has 0 atom stereocenters. The normalized spacial score (nSPS) is 36.9. The van der Waals surface area contributed by atoms with E-state index in [0.29, 0.717) is 12.0 Å². The van der Waals surface area contributed by atoms with Crippen molar-refractivity contribution in [2.75, 3.05) is 6.54 Å². The van der Waals surface area contributed by atoms with Gasteiger partial charge in [0, 0.05) is 12.0 Å². The molecule has 100 valence electrons. The van der Waals surface area contributed by atoms with E-state index in [-0.39, 0.29) is 5.41 Å². The molecule has 0 amide bonds. The molecule has 0 aromatic heterocycles. The summed E-state index contributed by atoms with van der Waals surface area (Å²) in [5.74, 6) is 0.779. The highest BCUT2D eigenvalue weighted by atomic mass is 16.3. The van der Waals surface area contributed by atoms with Gasteiger partial charge in [0.15, 0.2) is 0 Å². The molecule has 0 saturated heterocycles. The summed E-state index contributed by atoms with van der Waals surface area (Å²) in [6, 6.07) is 0. The Hall–Kier alpha value is -0.0800. The summed E-state index contributed by atoms with van der Waals surface area (Å²) in [5, 5.41) is 10.8. The van der Waals surface area contributed by atoms with Crippen molar-refractivity contribution in [2.24, 2.45) is 22.5 Å². The first-order chi connectivity index (χ1) is 7.89. The minimum absolute atomic E-state index is 0.0916. The van der Waals surface area contributed by atoms with Crippen LogP contribution < -0.4 is 5.73 Å². The van der Waals surface area contributed by atoms with E-state index >= 15 is 0 Å². The average Bonchev–Trinajstić information content (AvgIpc) is 3.11. The Labute approximate surface area is 106 Å². The highest BCUT2D eigenvalue weighted by Gasteiger charge is 2.58. The van der Waals surface area contributed by atoms with Crippen molar-refractivity contribution in [1.29, 1.82) is 0 Å². The summed E-state index contributed by atoms with van der Waals surface area (Å²) in [4.78, 5) is 0. The zero-order valence-corrected chi connectivity index (χ0v) is 11.8. The van der Waals surface area contributed by atoms with Gasteiger partial charge in [-0.2, -0.15) is 0 Å². The van der Waals surface area contributed by atoms with Crippen LogP contribution in [0.1, 0.15) is 65.7 Å². The quantitative estimate of drug-likeness (QED) is 0.792. The second kappa shape index (κ2) is 4.24. The molecule has 0 heterocycles. The van der Waals surface area contributed by atoms with Crippen LogP contribution in [0.5, 0.6) is 0 Å². The summed E-state index contributed by atoms with van der Waals surface area (Å²) in [7, 11) is 0. The van der Waals surface area contributed by atoms with Gasteiger partial charge >= 0.3 is 0 Å².